The van der Waals surface area contributed by atoms with Gasteiger partial charge in [0.1, 0.15) is 11.3 Å². The number of benzene rings is 2. The maximum Gasteiger partial charge on any atom is 0.342 e. The Morgan fingerprint density at radius 1 is 1.09 bits per heavy atom. The van der Waals surface area contributed by atoms with E-state index in [1.165, 1.54) is 12.1 Å². The Hall–Kier alpha value is -3.15. The molecule has 0 aliphatic rings. The zero-order valence-corrected chi connectivity index (χ0v) is 12.3. The van der Waals surface area contributed by atoms with Crippen molar-refractivity contribution in [3.8, 4) is 17.2 Å². The number of phenols is 1. The minimum absolute atomic E-state index is 0.0853. The van der Waals surface area contributed by atoms with Crippen molar-refractivity contribution in [2.75, 3.05) is 0 Å². The number of phenolic OH excluding ortho intramolecular Hbond substituents is 1. The quantitative estimate of drug-likeness (QED) is 0.744. The van der Waals surface area contributed by atoms with E-state index < -0.39 is 12.1 Å². The van der Waals surface area contributed by atoms with Crippen molar-refractivity contribution < 1.29 is 19.1 Å². The van der Waals surface area contributed by atoms with Gasteiger partial charge in [0.05, 0.1) is 0 Å². The fourth-order valence-electron chi connectivity index (χ4n) is 2.02. The van der Waals surface area contributed by atoms with Crippen LogP contribution in [0.15, 0.2) is 59.0 Å². The molecule has 0 bridgehead atoms. The fraction of sp³-hybridized carbons (Fsp3) is 0.118. The molecule has 0 spiro atoms. The molecule has 1 atom stereocenters. The van der Waals surface area contributed by atoms with Gasteiger partial charge in [0.15, 0.2) is 6.10 Å². The number of aromatic nitrogens is 2. The number of rotatable bonds is 4. The predicted molar refractivity (Wildman–Crippen MR) is 81.7 cm³/mol. The molecule has 0 fully saturated rings. The molecule has 0 saturated carbocycles. The van der Waals surface area contributed by atoms with Gasteiger partial charge < -0.3 is 14.3 Å². The molecule has 1 aromatic heterocycles. The highest BCUT2D eigenvalue weighted by atomic mass is 16.6. The predicted octanol–water partition coefficient (Wildman–Crippen LogP) is 3.36. The summed E-state index contributed by atoms with van der Waals surface area (Å²) in [4.78, 5) is 12.1. The van der Waals surface area contributed by atoms with Crippen LogP contribution in [0.5, 0.6) is 5.75 Å². The Bertz CT molecular complexity index is 814. The Labute approximate surface area is 132 Å². The summed E-state index contributed by atoms with van der Waals surface area (Å²) in [5.74, 6) is -0.256. The largest absolute Gasteiger partial charge is 0.507 e. The van der Waals surface area contributed by atoms with E-state index in [4.69, 9.17) is 9.15 Å². The maximum absolute atomic E-state index is 12.1. The van der Waals surface area contributed by atoms with Crippen LogP contribution in [0.3, 0.4) is 0 Å². The normalized spacial score (nSPS) is 11.9. The summed E-state index contributed by atoms with van der Waals surface area (Å²) in [6.07, 6.45) is -0.730. The second kappa shape index (κ2) is 6.31. The van der Waals surface area contributed by atoms with E-state index >= 15 is 0 Å². The van der Waals surface area contributed by atoms with Crippen LogP contribution in [0.4, 0.5) is 0 Å². The summed E-state index contributed by atoms with van der Waals surface area (Å²) in [5, 5.41) is 17.5. The van der Waals surface area contributed by atoms with Crippen LogP contribution in [0, 0.1) is 0 Å². The first-order valence-electron chi connectivity index (χ1n) is 7.03. The van der Waals surface area contributed by atoms with Crippen molar-refractivity contribution in [3.63, 3.8) is 0 Å². The lowest BCUT2D eigenvalue weighted by Crippen LogP contribution is -2.09. The van der Waals surface area contributed by atoms with Gasteiger partial charge in [-0.1, -0.05) is 30.3 Å². The molecule has 116 valence electrons. The summed E-state index contributed by atoms with van der Waals surface area (Å²) >= 11 is 0. The van der Waals surface area contributed by atoms with E-state index in [-0.39, 0.29) is 17.2 Å². The van der Waals surface area contributed by atoms with Crippen LogP contribution in [-0.2, 0) is 4.74 Å². The Kier molecular flexibility index (Phi) is 4.05. The summed E-state index contributed by atoms with van der Waals surface area (Å²) < 4.78 is 10.8. The zero-order valence-electron chi connectivity index (χ0n) is 12.3. The van der Waals surface area contributed by atoms with Gasteiger partial charge in [-0.2, -0.15) is 0 Å². The minimum atomic E-state index is -0.730. The van der Waals surface area contributed by atoms with Gasteiger partial charge in [0, 0.05) is 5.56 Å². The molecule has 0 radical (unpaired) electrons. The standard InChI is InChI=1S/C17H14N2O4/c1-11(22-17(21)13-9-5-6-10-14(13)20)15-18-19-16(23-15)12-7-3-2-4-8-12/h2-11,20H,1H3/t11-/m0/s1. The van der Waals surface area contributed by atoms with E-state index in [1.54, 1.807) is 19.1 Å². The lowest BCUT2D eigenvalue weighted by atomic mass is 10.2. The second-order valence-electron chi connectivity index (χ2n) is 4.88. The highest BCUT2D eigenvalue weighted by molar-refractivity contribution is 5.92. The third-order valence-corrected chi connectivity index (χ3v) is 3.22. The third kappa shape index (κ3) is 3.21. The van der Waals surface area contributed by atoms with E-state index in [9.17, 15) is 9.90 Å². The molecule has 1 N–H and O–H groups in total. The summed E-state index contributed by atoms with van der Waals surface area (Å²) in [7, 11) is 0. The molecular weight excluding hydrogens is 296 g/mol. The van der Waals surface area contributed by atoms with Crippen molar-refractivity contribution >= 4 is 5.97 Å². The highest BCUT2D eigenvalue weighted by Crippen LogP contribution is 2.24. The van der Waals surface area contributed by atoms with Crippen molar-refractivity contribution in [2.24, 2.45) is 0 Å². The topological polar surface area (TPSA) is 85.5 Å². The smallest absolute Gasteiger partial charge is 0.342 e. The van der Waals surface area contributed by atoms with Crippen molar-refractivity contribution in [1.29, 1.82) is 0 Å². The number of carbonyl (C=O) groups excluding carboxylic acids is 1. The lowest BCUT2D eigenvalue weighted by Gasteiger charge is -2.10. The molecular formula is C17H14N2O4. The van der Waals surface area contributed by atoms with Gasteiger partial charge in [-0.15, -0.1) is 10.2 Å². The average Bonchev–Trinajstić information content (AvgIpc) is 3.06. The number of hydrogen-bond acceptors (Lipinski definition) is 6. The molecule has 6 nitrogen and oxygen atoms in total. The monoisotopic (exact) mass is 310 g/mol. The molecule has 2 aromatic carbocycles. The molecule has 0 amide bonds. The van der Waals surface area contributed by atoms with Gasteiger partial charge in [-0.05, 0) is 31.2 Å². The fourth-order valence-corrected chi connectivity index (χ4v) is 2.02. The minimum Gasteiger partial charge on any atom is -0.507 e. The van der Waals surface area contributed by atoms with Crippen LogP contribution in [0.25, 0.3) is 11.5 Å². The molecule has 1 heterocycles. The summed E-state index contributed by atoms with van der Waals surface area (Å²) in [6.45, 7) is 1.63. The van der Waals surface area contributed by atoms with Gasteiger partial charge in [0.2, 0.25) is 5.89 Å². The lowest BCUT2D eigenvalue weighted by molar-refractivity contribution is 0.0277. The number of carbonyl (C=O) groups is 1. The van der Waals surface area contributed by atoms with E-state index in [0.29, 0.717) is 5.89 Å². The zero-order chi connectivity index (χ0) is 16.2. The Morgan fingerprint density at radius 2 is 1.78 bits per heavy atom. The molecule has 6 heteroatoms. The first kappa shape index (κ1) is 14.8. The van der Waals surface area contributed by atoms with Crippen LogP contribution in [-0.4, -0.2) is 21.3 Å². The van der Waals surface area contributed by atoms with Crippen molar-refractivity contribution in [2.45, 2.75) is 13.0 Å². The first-order chi connectivity index (χ1) is 11.1. The first-order valence-corrected chi connectivity index (χ1v) is 7.03. The Morgan fingerprint density at radius 3 is 2.52 bits per heavy atom. The second-order valence-corrected chi connectivity index (χ2v) is 4.88. The number of para-hydroxylation sites is 1. The summed E-state index contributed by atoms with van der Waals surface area (Å²) in [6, 6.07) is 15.5. The van der Waals surface area contributed by atoms with Gasteiger partial charge in [0.25, 0.3) is 5.89 Å². The molecule has 3 aromatic rings. The van der Waals surface area contributed by atoms with E-state index in [2.05, 4.69) is 10.2 Å². The number of nitrogens with zero attached hydrogens (tertiary/aromatic N) is 2. The number of esters is 1. The maximum atomic E-state index is 12.1. The molecule has 0 unspecified atom stereocenters. The summed E-state index contributed by atoms with van der Waals surface area (Å²) in [5.41, 5.74) is 0.868. The van der Waals surface area contributed by atoms with Crippen LogP contribution in [0.2, 0.25) is 0 Å². The number of ether oxygens (including phenoxy) is 1. The third-order valence-electron chi connectivity index (χ3n) is 3.22. The van der Waals surface area contributed by atoms with Crippen LogP contribution < -0.4 is 0 Å². The van der Waals surface area contributed by atoms with Crippen molar-refractivity contribution in [3.05, 3.63) is 66.1 Å². The van der Waals surface area contributed by atoms with E-state index in [0.717, 1.165) is 5.56 Å². The van der Waals surface area contributed by atoms with Gasteiger partial charge in [-0.3, -0.25) is 0 Å². The highest BCUT2D eigenvalue weighted by Gasteiger charge is 2.21. The molecule has 0 saturated heterocycles. The molecule has 3 rings (SSSR count). The van der Waals surface area contributed by atoms with E-state index in [1.807, 2.05) is 30.3 Å². The van der Waals surface area contributed by atoms with Crippen LogP contribution in [0.1, 0.15) is 29.3 Å². The van der Waals surface area contributed by atoms with Crippen molar-refractivity contribution in [1.82, 2.24) is 10.2 Å². The van der Waals surface area contributed by atoms with Gasteiger partial charge >= 0.3 is 5.97 Å². The molecule has 23 heavy (non-hydrogen) atoms. The molecule has 0 aliphatic carbocycles. The number of hydrogen-bond donors (Lipinski definition) is 1. The molecule has 0 aliphatic heterocycles. The van der Waals surface area contributed by atoms with Crippen LogP contribution >= 0.6 is 0 Å². The average molecular weight is 310 g/mol. The number of aromatic hydroxyl groups is 1. The SMILES string of the molecule is C[C@H](OC(=O)c1ccccc1O)c1nnc(-c2ccccc2)o1. The Balaban J connectivity index is 1.74. The van der Waals surface area contributed by atoms with Gasteiger partial charge in [-0.25, -0.2) is 4.79 Å².